The maximum atomic E-state index is 10.8. The van der Waals surface area contributed by atoms with Gasteiger partial charge in [0.05, 0.1) is 4.92 Å². The minimum atomic E-state index is -0.533. The van der Waals surface area contributed by atoms with Crippen molar-refractivity contribution in [3.05, 3.63) is 16.3 Å². The lowest BCUT2D eigenvalue weighted by Gasteiger charge is -2.22. The topological polar surface area (TPSA) is 119 Å². The summed E-state index contributed by atoms with van der Waals surface area (Å²) in [6.07, 6.45) is 3.10. The molecule has 0 radical (unpaired) electrons. The van der Waals surface area contributed by atoms with Crippen molar-refractivity contribution < 1.29 is 4.92 Å². The fourth-order valence-electron chi connectivity index (χ4n) is 1.08. The lowest BCUT2D eigenvalue weighted by Crippen LogP contribution is -2.26. The number of hydrazine groups is 1. The van der Waals surface area contributed by atoms with Crippen LogP contribution in [0.15, 0.2) is 6.20 Å². The maximum absolute atomic E-state index is 10.8. The van der Waals surface area contributed by atoms with Gasteiger partial charge in [-0.1, -0.05) is 0 Å². The summed E-state index contributed by atoms with van der Waals surface area (Å²) in [5, 5.41) is 13.8. The monoisotopic (exact) mass is 272 g/mol. The van der Waals surface area contributed by atoms with Gasteiger partial charge in [-0.3, -0.25) is 15.5 Å². The standard InChI is InChI=1S/C9H16N6O2S/c1-9(2,18-3)5-12-7-6(15(16)17)4-11-8(13-7)14-10/h4H,5,10H2,1-3H3,(H2,11,12,13,14). The summed E-state index contributed by atoms with van der Waals surface area (Å²) < 4.78 is -0.0604. The van der Waals surface area contributed by atoms with Gasteiger partial charge in [0, 0.05) is 11.3 Å². The largest absolute Gasteiger partial charge is 0.363 e. The summed E-state index contributed by atoms with van der Waals surface area (Å²) in [5.41, 5.74) is 2.08. The van der Waals surface area contributed by atoms with Gasteiger partial charge in [-0.25, -0.2) is 10.8 Å². The first kappa shape index (κ1) is 14.5. The summed E-state index contributed by atoms with van der Waals surface area (Å²) in [5.74, 6) is 5.46. The number of nitrogens with one attached hydrogen (secondary N) is 2. The van der Waals surface area contributed by atoms with E-state index in [-0.39, 0.29) is 22.2 Å². The number of nitrogen functional groups attached to an aromatic ring is 1. The molecule has 0 saturated carbocycles. The summed E-state index contributed by atoms with van der Waals surface area (Å²) in [7, 11) is 0. The van der Waals surface area contributed by atoms with Gasteiger partial charge in [-0.2, -0.15) is 16.7 Å². The van der Waals surface area contributed by atoms with Crippen LogP contribution in [0.5, 0.6) is 0 Å². The number of rotatable bonds is 6. The molecule has 9 heteroatoms. The number of anilines is 2. The molecule has 1 rings (SSSR count). The molecule has 8 nitrogen and oxygen atoms in total. The Kier molecular flexibility index (Phi) is 4.68. The van der Waals surface area contributed by atoms with Crippen molar-refractivity contribution >= 4 is 29.2 Å². The van der Waals surface area contributed by atoms with E-state index in [1.807, 2.05) is 20.1 Å². The second kappa shape index (κ2) is 5.83. The Morgan fingerprint density at radius 2 is 2.28 bits per heavy atom. The van der Waals surface area contributed by atoms with E-state index in [0.29, 0.717) is 6.54 Å². The third kappa shape index (κ3) is 3.70. The van der Waals surface area contributed by atoms with Gasteiger partial charge in [0.25, 0.3) is 0 Å². The van der Waals surface area contributed by atoms with Crippen molar-refractivity contribution in [1.29, 1.82) is 0 Å². The molecule has 0 unspecified atom stereocenters. The molecule has 1 aromatic rings. The number of thioether (sulfide) groups is 1. The van der Waals surface area contributed by atoms with Gasteiger partial charge in [0.2, 0.25) is 11.8 Å². The predicted octanol–water partition coefficient (Wildman–Crippen LogP) is 1.22. The third-order valence-electron chi connectivity index (χ3n) is 2.33. The van der Waals surface area contributed by atoms with E-state index in [9.17, 15) is 10.1 Å². The SMILES string of the molecule is CSC(C)(C)CNc1nc(NN)ncc1[N+](=O)[O-]. The zero-order chi connectivity index (χ0) is 13.8. The Morgan fingerprint density at radius 3 is 2.78 bits per heavy atom. The Labute approximate surface area is 109 Å². The quantitative estimate of drug-likeness (QED) is 0.402. The van der Waals surface area contributed by atoms with Gasteiger partial charge in [0.15, 0.2) is 0 Å². The molecular weight excluding hydrogens is 256 g/mol. The van der Waals surface area contributed by atoms with Gasteiger partial charge in [-0.15, -0.1) is 0 Å². The van der Waals surface area contributed by atoms with Crippen LogP contribution in [0.1, 0.15) is 13.8 Å². The normalized spacial score (nSPS) is 11.1. The van der Waals surface area contributed by atoms with Crippen molar-refractivity contribution in [2.24, 2.45) is 5.84 Å². The van der Waals surface area contributed by atoms with Crippen molar-refractivity contribution in [2.75, 3.05) is 23.5 Å². The van der Waals surface area contributed by atoms with Crippen LogP contribution < -0.4 is 16.6 Å². The Morgan fingerprint density at radius 1 is 1.61 bits per heavy atom. The second-order valence-corrected chi connectivity index (χ2v) is 5.66. The molecular formula is C9H16N6O2S. The Hall–Kier alpha value is -1.61. The molecule has 0 bridgehead atoms. The molecule has 0 aliphatic rings. The minimum absolute atomic E-state index is 0.0604. The van der Waals surface area contributed by atoms with Crippen LogP contribution in [0.4, 0.5) is 17.5 Å². The summed E-state index contributed by atoms with van der Waals surface area (Å²) in [6, 6.07) is 0. The molecule has 0 aromatic carbocycles. The molecule has 1 aromatic heterocycles. The number of nitrogens with zero attached hydrogens (tertiary/aromatic N) is 3. The van der Waals surface area contributed by atoms with Gasteiger partial charge in [-0.05, 0) is 20.1 Å². The van der Waals surface area contributed by atoms with Crippen molar-refractivity contribution in [2.45, 2.75) is 18.6 Å². The van der Waals surface area contributed by atoms with Gasteiger partial charge < -0.3 is 5.32 Å². The fourth-order valence-corrected chi connectivity index (χ4v) is 1.29. The van der Waals surface area contributed by atoms with Crippen LogP contribution in [0, 0.1) is 10.1 Å². The molecule has 0 amide bonds. The molecule has 0 spiro atoms. The maximum Gasteiger partial charge on any atom is 0.329 e. The lowest BCUT2D eigenvalue weighted by molar-refractivity contribution is -0.384. The third-order valence-corrected chi connectivity index (χ3v) is 3.58. The highest BCUT2D eigenvalue weighted by Crippen LogP contribution is 2.25. The number of nitro groups is 1. The van der Waals surface area contributed by atoms with E-state index in [1.165, 1.54) is 0 Å². The molecule has 0 fully saturated rings. The highest BCUT2D eigenvalue weighted by Gasteiger charge is 2.21. The first-order valence-electron chi connectivity index (χ1n) is 5.16. The molecule has 18 heavy (non-hydrogen) atoms. The van der Waals surface area contributed by atoms with Crippen molar-refractivity contribution in [1.82, 2.24) is 9.97 Å². The summed E-state index contributed by atoms with van der Waals surface area (Å²) in [4.78, 5) is 18.0. The first-order chi connectivity index (χ1) is 8.39. The van der Waals surface area contributed by atoms with E-state index in [4.69, 9.17) is 5.84 Å². The number of aromatic nitrogens is 2. The zero-order valence-corrected chi connectivity index (χ0v) is 11.2. The average molecular weight is 272 g/mol. The van der Waals surface area contributed by atoms with Crippen molar-refractivity contribution in [3.8, 4) is 0 Å². The van der Waals surface area contributed by atoms with Gasteiger partial charge in [0.1, 0.15) is 6.20 Å². The van der Waals surface area contributed by atoms with Gasteiger partial charge >= 0.3 is 5.69 Å². The second-order valence-electron chi connectivity index (χ2n) is 4.15. The van der Waals surface area contributed by atoms with Crippen molar-refractivity contribution in [3.63, 3.8) is 0 Å². The number of hydrogen-bond acceptors (Lipinski definition) is 8. The fraction of sp³-hybridized carbons (Fsp3) is 0.556. The number of nitrogens with two attached hydrogens (primary N) is 1. The van der Waals surface area contributed by atoms with E-state index in [1.54, 1.807) is 11.8 Å². The highest BCUT2D eigenvalue weighted by molar-refractivity contribution is 7.99. The smallest absolute Gasteiger partial charge is 0.329 e. The Bertz CT molecular complexity index is 439. The number of hydrogen-bond donors (Lipinski definition) is 3. The van der Waals surface area contributed by atoms with Crippen LogP contribution in [0.25, 0.3) is 0 Å². The summed E-state index contributed by atoms with van der Waals surface area (Å²) >= 11 is 1.65. The summed E-state index contributed by atoms with van der Waals surface area (Å²) in [6.45, 7) is 4.59. The molecule has 100 valence electrons. The molecule has 0 atom stereocenters. The molecule has 4 N–H and O–H groups in total. The molecule has 0 saturated heterocycles. The molecule has 1 heterocycles. The minimum Gasteiger partial charge on any atom is -0.363 e. The van der Waals surface area contributed by atoms with E-state index in [2.05, 4.69) is 20.7 Å². The molecule has 0 aliphatic carbocycles. The van der Waals surface area contributed by atoms with Crippen LogP contribution in [0.3, 0.4) is 0 Å². The van der Waals surface area contributed by atoms with E-state index in [0.717, 1.165) is 6.20 Å². The predicted molar refractivity (Wildman–Crippen MR) is 72.6 cm³/mol. The lowest BCUT2D eigenvalue weighted by atomic mass is 10.2. The van der Waals surface area contributed by atoms with Crippen LogP contribution in [0.2, 0.25) is 0 Å². The Balaban J connectivity index is 2.94. The van der Waals surface area contributed by atoms with Crippen LogP contribution >= 0.6 is 11.8 Å². The van der Waals surface area contributed by atoms with E-state index < -0.39 is 4.92 Å². The highest BCUT2D eigenvalue weighted by atomic mass is 32.2. The molecule has 0 aliphatic heterocycles. The van der Waals surface area contributed by atoms with Crippen LogP contribution in [-0.2, 0) is 0 Å². The van der Waals surface area contributed by atoms with Crippen LogP contribution in [-0.4, -0.2) is 32.4 Å². The zero-order valence-electron chi connectivity index (χ0n) is 10.4. The average Bonchev–Trinajstić information content (AvgIpc) is 2.36. The van der Waals surface area contributed by atoms with E-state index >= 15 is 0 Å². The first-order valence-corrected chi connectivity index (χ1v) is 6.39.